The molecule has 6 heteroatoms. The molecule has 0 spiro atoms. The fourth-order valence-corrected chi connectivity index (χ4v) is 5.89. The lowest BCUT2D eigenvalue weighted by Crippen LogP contribution is -2.20. The Morgan fingerprint density at radius 1 is 0.943 bits per heavy atom. The zero-order chi connectivity index (χ0) is 24.2. The van der Waals surface area contributed by atoms with Crippen LogP contribution in [-0.2, 0) is 6.42 Å². The van der Waals surface area contributed by atoms with E-state index in [2.05, 4.69) is 33.5 Å². The van der Waals surface area contributed by atoms with Gasteiger partial charge in [0, 0.05) is 40.8 Å². The SMILES string of the molecule is Fc1cc2[nH]cc(Cl)c2cc1NC1CCCCCC(Cc2ccc3ncc(Cl)cc3c2)CCCC1. The number of nitrogens with one attached hydrogen (secondary N) is 2. The molecule has 1 aliphatic rings. The van der Waals surface area contributed by atoms with Crippen molar-refractivity contribution in [2.75, 3.05) is 5.32 Å². The Morgan fingerprint density at radius 2 is 1.71 bits per heavy atom. The molecule has 184 valence electrons. The number of hydrogen-bond donors (Lipinski definition) is 2. The van der Waals surface area contributed by atoms with Gasteiger partial charge in [-0.15, -0.1) is 0 Å². The van der Waals surface area contributed by atoms with E-state index in [-0.39, 0.29) is 11.9 Å². The Bertz CT molecular complexity index is 1300. The highest BCUT2D eigenvalue weighted by atomic mass is 35.5. The Hall–Kier alpha value is -2.30. The molecular weight excluding hydrogens is 480 g/mol. The smallest absolute Gasteiger partial charge is 0.148 e. The largest absolute Gasteiger partial charge is 0.380 e. The van der Waals surface area contributed by atoms with Crippen molar-refractivity contribution >= 4 is 50.7 Å². The zero-order valence-corrected chi connectivity index (χ0v) is 21.4. The molecule has 0 radical (unpaired) electrons. The van der Waals surface area contributed by atoms with Gasteiger partial charge >= 0.3 is 0 Å². The fourth-order valence-electron chi connectivity index (χ4n) is 5.52. The molecule has 35 heavy (non-hydrogen) atoms. The first-order valence-electron chi connectivity index (χ1n) is 12.8. The van der Waals surface area contributed by atoms with Gasteiger partial charge in [-0.2, -0.15) is 0 Å². The fraction of sp³-hybridized carbons (Fsp3) is 0.414. The molecule has 2 N–H and O–H groups in total. The highest BCUT2D eigenvalue weighted by molar-refractivity contribution is 6.35. The molecular formula is C29H32Cl2FN3. The molecule has 5 rings (SSSR count). The van der Waals surface area contributed by atoms with E-state index >= 15 is 0 Å². The van der Waals surface area contributed by atoms with Crippen LogP contribution in [0.3, 0.4) is 0 Å². The van der Waals surface area contributed by atoms with Crippen LogP contribution in [0, 0.1) is 11.7 Å². The molecule has 4 aromatic rings. The molecule has 2 aromatic heterocycles. The van der Waals surface area contributed by atoms with Crippen LogP contribution in [-0.4, -0.2) is 16.0 Å². The van der Waals surface area contributed by atoms with E-state index < -0.39 is 0 Å². The topological polar surface area (TPSA) is 40.7 Å². The summed E-state index contributed by atoms with van der Waals surface area (Å²) in [6.45, 7) is 0. The maximum Gasteiger partial charge on any atom is 0.148 e. The summed E-state index contributed by atoms with van der Waals surface area (Å²) in [5.41, 5.74) is 3.66. The predicted octanol–water partition coefficient (Wildman–Crippen LogP) is 9.33. The number of aromatic amines is 1. The third kappa shape index (κ3) is 6.10. The van der Waals surface area contributed by atoms with E-state index in [1.807, 2.05) is 12.1 Å². The number of rotatable bonds is 4. The number of fused-ring (bicyclic) bond motifs is 2. The van der Waals surface area contributed by atoms with Crippen molar-refractivity contribution in [3.05, 3.63) is 70.2 Å². The van der Waals surface area contributed by atoms with Crippen molar-refractivity contribution in [3.8, 4) is 0 Å². The first-order chi connectivity index (χ1) is 17.0. The Kier molecular flexibility index (Phi) is 7.79. The van der Waals surface area contributed by atoms with E-state index in [0.717, 1.165) is 47.5 Å². The summed E-state index contributed by atoms with van der Waals surface area (Å²) >= 11 is 12.4. The van der Waals surface area contributed by atoms with E-state index in [9.17, 15) is 4.39 Å². The number of H-pyrrole nitrogens is 1. The number of halogens is 3. The van der Waals surface area contributed by atoms with Crippen LogP contribution >= 0.6 is 23.2 Å². The van der Waals surface area contributed by atoms with Crippen LogP contribution in [0.2, 0.25) is 10.0 Å². The zero-order valence-electron chi connectivity index (χ0n) is 19.9. The molecule has 3 nitrogen and oxygen atoms in total. The van der Waals surface area contributed by atoms with E-state index in [1.54, 1.807) is 12.4 Å². The first kappa shape index (κ1) is 24.4. The van der Waals surface area contributed by atoms with Crippen LogP contribution in [0.25, 0.3) is 21.8 Å². The lowest BCUT2D eigenvalue weighted by Gasteiger charge is -2.20. The third-order valence-corrected chi connectivity index (χ3v) is 7.91. The summed E-state index contributed by atoms with van der Waals surface area (Å²) in [5, 5.41) is 6.79. The number of pyridine rings is 1. The number of benzene rings is 2. The minimum absolute atomic E-state index is 0.225. The normalized spacial score (nSPS) is 20.1. The average Bonchev–Trinajstić information content (AvgIpc) is 3.17. The van der Waals surface area contributed by atoms with Gasteiger partial charge in [0.25, 0.3) is 0 Å². The number of nitrogens with zero attached hydrogens (tertiary/aromatic N) is 1. The van der Waals surface area contributed by atoms with Gasteiger partial charge in [-0.1, -0.05) is 74.2 Å². The predicted molar refractivity (Wildman–Crippen MR) is 146 cm³/mol. The minimum atomic E-state index is -0.225. The summed E-state index contributed by atoms with van der Waals surface area (Å²) in [6, 6.07) is 12.3. The van der Waals surface area contributed by atoms with Crippen molar-refractivity contribution in [2.24, 2.45) is 5.92 Å². The van der Waals surface area contributed by atoms with Gasteiger partial charge in [-0.25, -0.2) is 4.39 Å². The van der Waals surface area contributed by atoms with Crippen LogP contribution in [0.1, 0.15) is 63.4 Å². The quantitative estimate of drug-likeness (QED) is 0.286. The first-order valence-corrected chi connectivity index (χ1v) is 13.6. The van der Waals surface area contributed by atoms with Crippen molar-refractivity contribution in [1.29, 1.82) is 0 Å². The van der Waals surface area contributed by atoms with Crippen LogP contribution in [0.15, 0.2) is 48.8 Å². The van der Waals surface area contributed by atoms with Crippen molar-refractivity contribution in [3.63, 3.8) is 0 Å². The monoisotopic (exact) mass is 511 g/mol. The molecule has 2 unspecified atom stereocenters. The molecule has 1 saturated carbocycles. The second kappa shape index (κ2) is 11.2. The molecule has 0 amide bonds. The van der Waals surface area contributed by atoms with Gasteiger partial charge < -0.3 is 10.3 Å². The summed E-state index contributed by atoms with van der Waals surface area (Å²) in [6.07, 6.45) is 15.1. The van der Waals surface area contributed by atoms with E-state index in [4.69, 9.17) is 23.2 Å². The Morgan fingerprint density at radius 3 is 2.57 bits per heavy atom. The molecule has 2 aromatic carbocycles. The number of hydrogen-bond acceptors (Lipinski definition) is 2. The van der Waals surface area contributed by atoms with Crippen LogP contribution < -0.4 is 5.32 Å². The van der Waals surface area contributed by atoms with Gasteiger partial charge in [-0.3, -0.25) is 4.98 Å². The van der Waals surface area contributed by atoms with Crippen LogP contribution in [0.4, 0.5) is 10.1 Å². The molecule has 1 fully saturated rings. The standard InChI is InChI=1S/C29H32Cl2FN3/c30-22-14-21-13-20(10-11-27(21)33-17-22)12-19-6-2-1-3-8-23(9-5-4-7-19)35-29-15-24-25(31)18-34-28(24)16-26(29)32/h10-11,13-19,23,34-35H,1-9,12H2. The summed E-state index contributed by atoms with van der Waals surface area (Å²) in [7, 11) is 0. The van der Waals surface area contributed by atoms with Crippen molar-refractivity contribution in [2.45, 2.75) is 70.3 Å². The highest BCUT2D eigenvalue weighted by Crippen LogP contribution is 2.31. The third-order valence-electron chi connectivity index (χ3n) is 7.40. The number of anilines is 1. The van der Waals surface area contributed by atoms with Crippen molar-refractivity contribution in [1.82, 2.24) is 9.97 Å². The lowest BCUT2D eigenvalue weighted by molar-refractivity contribution is 0.411. The van der Waals surface area contributed by atoms with Gasteiger partial charge in [0.2, 0.25) is 0 Å². The maximum atomic E-state index is 14.7. The lowest BCUT2D eigenvalue weighted by atomic mass is 9.89. The van der Waals surface area contributed by atoms with Gasteiger partial charge in [-0.05, 0) is 55.0 Å². The van der Waals surface area contributed by atoms with Crippen LogP contribution in [0.5, 0.6) is 0 Å². The highest BCUT2D eigenvalue weighted by Gasteiger charge is 2.17. The van der Waals surface area contributed by atoms with E-state index in [0.29, 0.717) is 21.7 Å². The molecule has 1 aliphatic carbocycles. The molecule has 2 atom stereocenters. The second-order valence-corrected chi connectivity index (χ2v) is 10.9. The average molecular weight is 513 g/mol. The molecule has 0 bridgehead atoms. The Labute approximate surface area is 216 Å². The summed E-state index contributed by atoms with van der Waals surface area (Å²) in [5.74, 6) is 0.469. The van der Waals surface area contributed by atoms with E-state index in [1.165, 1.54) is 50.2 Å². The van der Waals surface area contributed by atoms with Crippen molar-refractivity contribution < 1.29 is 4.39 Å². The molecule has 2 heterocycles. The van der Waals surface area contributed by atoms with Gasteiger partial charge in [0.15, 0.2) is 0 Å². The number of aromatic nitrogens is 2. The maximum absolute atomic E-state index is 14.7. The van der Waals surface area contributed by atoms with Gasteiger partial charge in [0.1, 0.15) is 5.82 Å². The molecule has 0 saturated heterocycles. The minimum Gasteiger partial charge on any atom is -0.380 e. The van der Waals surface area contributed by atoms with Gasteiger partial charge in [0.05, 0.1) is 21.2 Å². The molecule has 0 aliphatic heterocycles. The summed E-state index contributed by atoms with van der Waals surface area (Å²) in [4.78, 5) is 7.44. The Balaban J connectivity index is 1.20. The second-order valence-electron chi connectivity index (χ2n) is 10.0. The summed E-state index contributed by atoms with van der Waals surface area (Å²) < 4.78 is 14.7.